The van der Waals surface area contributed by atoms with Crippen LogP contribution in [0.4, 0.5) is 14.5 Å². The smallest absolute Gasteiger partial charge is 0.261 e. The summed E-state index contributed by atoms with van der Waals surface area (Å²) in [6, 6.07) is 6.59. The predicted molar refractivity (Wildman–Crippen MR) is 76.8 cm³/mol. The van der Waals surface area contributed by atoms with Gasteiger partial charge in [-0.3, -0.25) is 9.48 Å². The number of carbonyl (C=O) groups is 1. The first-order valence-corrected chi connectivity index (χ1v) is 6.48. The molecule has 0 radical (unpaired) electrons. The van der Waals surface area contributed by atoms with E-state index < -0.39 is 17.5 Å². The van der Waals surface area contributed by atoms with Gasteiger partial charge in [0.25, 0.3) is 5.91 Å². The predicted octanol–water partition coefficient (Wildman–Crippen LogP) is 2.74. The third-order valence-corrected chi connectivity index (χ3v) is 3.18. The lowest BCUT2D eigenvalue weighted by molar-refractivity contribution is 0.102. The van der Waals surface area contributed by atoms with Gasteiger partial charge in [-0.15, -0.1) is 0 Å². The van der Waals surface area contributed by atoms with Gasteiger partial charge in [0.15, 0.2) is 0 Å². The van der Waals surface area contributed by atoms with E-state index in [0.29, 0.717) is 11.9 Å². The van der Waals surface area contributed by atoms with Crippen LogP contribution < -0.4 is 5.32 Å². The Labute approximate surface area is 124 Å². The van der Waals surface area contributed by atoms with Crippen LogP contribution >= 0.6 is 0 Å². The van der Waals surface area contributed by atoms with Crippen LogP contribution in [-0.4, -0.2) is 20.3 Å². The van der Waals surface area contributed by atoms with Crippen LogP contribution in [-0.2, 0) is 7.05 Å². The number of hydrogen-bond donors (Lipinski definition) is 1. The lowest BCUT2D eigenvalue weighted by Gasteiger charge is -2.09. The highest BCUT2D eigenvalue weighted by molar-refractivity contribution is 6.06. The molecule has 0 unspecified atom stereocenters. The molecule has 0 spiro atoms. The van der Waals surface area contributed by atoms with Crippen LogP contribution in [0.3, 0.4) is 0 Å². The van der Waals surface area contributed by atoms with E-state index in [0.717, 1.165) is 6.07 Å². The molecule has 3 aromatic rings. The van der Waals surface area contributed by atoms with Crippen molar-refractivity contribution in [3.8, 4) is 5.82 Å². The second-order valence-corrected chi connectivity index (χ2v) is 4.67. The summed E-state index contributed by atoms with van der Waals surface area (Å²) in [5, 5.41) is 6.48. The minimum Gasteiger partial charge on any atom is -0.319 e. The molecule has 1 aromatic carbocycles. The average molecular weight is 302 g/mol. The molecule has 22 heavy (non-hydrogen) atoms. The van der Waals surface area contributed by atoms with Gasteiger partial charge in [0.2, 0.25) is 0 Å². The zero-order valence-corrected chi connectivity index (χ0v) is 11.6. The van der Waals surface area contributed by atoms with Crippen molar-refractivity contribution in [1.29, 1.82) is 0 Å². The maximum absolute atomic E-state index is 13.6. The fourth-order valence-corrected chi connectivity index (χ4v) is 2.15. The van der Waals surface area contributed by atoms with E-state index in [9.17, 15) is 13.6 Å². The number of anilines is 1. The maximum Gasteiger partial charge on any atom is 0.261 e. The number of halogens is 2. The van der Waals surface area contributed by atoms with E-state index in [1.165, 1.54) is 16.9 Å². The Balaban J connectivity index is 1.93. The highest BCUT2D eigenvalue weighted by Gasteiger charge is 2.18. The molecule has 0 atom stereocenters. The normalized spacial score (nSPS) is 10.7. The van der Waals surface area contributed by atoms with E-state index in [-0.39, 0.29) is 11.3 Å². The Morgan fingerprint density at radius 3 is 2.64 bits per heavy atom. The van der Waals surface area contributed by atoms with Crippen molar-refractivity contribution in [2.24, 2.45) is 7.05 Å². The van der Waals surface area contributed by atoms with Crippen LogP contribution in [0.1, 0.15) is 10.4 Å². The van der Waals surface area contributed by atoms with Gasteiger partial charge in [-0.1, -0.05) is 0 Å². The van der Waals surface area contributed by atoms with E-state index in [1.54, 1.807) is 24.0 Å². The van der Waals surface area contributed by atoms with Gasteiger partial charge in [-0.05, 0) is 24.3 Å². The molecule has 3 rings (SSSR count). The lowest BCUT2D eigenvalue weighted by Crippen LogP contribution is -2.15. The summed E-state index contributed by atoms with van der Waals surface area (Å²) in [5.74, 6) is -1.52. The standard InChI is InChI=1S/C15H12F2N4O/c1-20-15(21-6-2-3-7-21)11(9-18-20)14(22)19-13-5-4-10(16)8-12(13)17/h2-9H,1H3,(H,19,22). The molecule has 0 aliphatic carbocycles. The molecule has 7 heteroatoms. The highest BCUT2D eigenvalue weighted by atomic mass is 19.1. The topological polar surface area (TPSA) is 51.9 Å². The number of hydrogen-bond acceptors (Lipinski definition) is 2. The van der Waals surface area contributed by atoms with Gasteiger partial charge in [-0.2, -0.15) is 5.10 Å². The molecule has 5 nitrogen and oxygen atoms in total. The van der Waals surface area contributed by atoms with Gasteiger partial charge >= 0.3 is 0 Å². The second-order valence-electron chi connectivity index (χ2n) is 4.67. The lowest BCUT2D eigenvalue weighted by atomic mass is 10.2. The third-order valence-electron chi connectivity index (χ3n) is 3.18. The van der Waals surface area contributed by atoms with Crippen molar-refractivity contribution < 1.29 is 13.6 Å². The molecule has 0 aliphatic heterocycles. The number of aryl methyl sites for hydroxylation is 1. The minimum absolute atomic E-state index is 0.0892. The molecule has 2 aromatic heterocycles. The van der Waals surface area contributed by atoms with Gasteiger partial charge in [-0.25, -0.2) is 8.78 Å². The zero-order chi connectivity index (χ0) is 15.7. The summed E-state index contributed by atoms with van der Waals surface area (Å²) >= 11 is 0. The Morgan fingerprint density at radius 1 is 1.23 bits per heavy atom. The number of nitrogens with one attached hydrogen (secondary N) is 1. The molecule has 0 bridgehead atoms. The summed E-state index contributed by atoms with van der Waals surface area (Å²) in [4.78, 5) is 12.3. The van der Waals surface area contributed by atoms with Crippen LogP contribution in [0.5, 0.6) is 0 Å². The Hall–Kier alpha value is -2.96. The molecule has 0 fully saturated rings. The molecular weight excluding hydrogens is 290 g/mol. The van der Waals surface area contributed by atoms with Gasteiger partial charge in [0.1, 0.15) is 23.0 Å². The van der Waals surface area contributed by atoms with Gasteiger partial charge < -0.3 is 9.88 Å². The van der Waals surface area contributed by atoms with Crippen LogP contribution in [0.15, 0.2) is 48.9 Å². The van der Waals surface area contributed by atoms with Crippen molar-refractivity contribution in [3.63, 3.8) is 0 Å². The Bertz CT molecular complexity index is 824. The number of carbonyl (C=O) groups excluding carboxylic acids is 1. The molecule has 112 valence electrons. The minimum atomic E-state index is -0.834. The Kier molecular flexibility index (Phi) is 3.46. The molecule has 1 N–H and O–H groups in total. The first-order chi connectivity index (χ1) is 10.6. The van der Waals surface area contributed by atoms with Crippen LogP contribution in [0.25, 0.3) is 5.82 Å². The van der Waals surface area contributed by atoms with E-state index in [4.69, 9.17) is 0 Å². The molecule has 1 amide bonds. The SMILES string of the molecule is Cn1ncc(C(=O)Nc2ccc(F)cc2F)c1-n1cccc1. The number of benzene rings is 1. The average Bonchev–Trinajstić information content (AvgIpc) is 3.10. The first-order valence-electron chi connectivity index (χ1n) is 6.48. The Morgan fingerprint density at radius 2 is 1.95 bits per heavy atom. The molecular formula is C15H12F2N4O. The second kappa shape index (κ2) is 5.44. The molecule has 0 saturated carbocycles. The largest absolute Gasteiger partial charge is 0.319 e. The first kappa shape index (κ1) is 14.0. The van der Waals surface area contributed by atoms with Crippen molar-refractivity contribution in [1.82, 2.24) is 14.3 Å². The van der Waals surface area contributed by atoms with E-state index >= 15 is 0 Å². The summed E-state index contributed by atoms with van der Waals surface area (Å²) < 4.78 is 29.8. The number of aromatic nitrogens is 3. The van der Waals surface area contributed by atoms with Gasteiger partial charge in [0, 0.05) is 25.5 Å². The van der Waals surface area contributed by atoms with Gasteiger partial charge in [0.05, 0.1) is 11.9 Å². The van der Waals surface area contributed by atoms with Crippen molar-refractivity contribution >= 4 is 11.6 Å². The summed E-state index contributed by atoms with van der Waals surface area (Å²) in [6.45, 7) is 0. The maximum atomic E-state index is 13.6. The monoisotopic (exact) mass is 302 g/mol. The third kappa shape index (κ3) is 2.48. The fourth-order valence-electron chi connectivity index (χ4n) is 2.15. The van der Waals surface area contributed by atoms with Crippen molar-refractivity contribution in [2.45, 2.75) is 0 Å². The number of nitrogens with zero attached hydrogens (tertiary/aromatic N) is 3. The molecule has 0 saturated heterocycles. The highest BCUT2D eigenvalue weighted by Crippen LogP contribution is 2.19. The summed E-state index contributed by atoms with van der Waals surface area (Å²) in [5.41, 5.74) is 0.191. The zero-order valence-electron chi connectivity index (χ0n) is 11.6. The fraction of sp³-hybridized carbons (Fsp3) is 0.0667. The van der Waals surface area contributed by atoms with Crippen molar-refractivity contribution in [3.05, 3.63) is 66.1 Å². The molecule has 2 heterocycles. The summed E-state index contributed by atoms with van der Waals surface area (Å²) in [7, 11) is 1.70. The molecule has 0 aliphatic rings. The quantitative estimate of drug-likeness (QED) is 0.809. The van der Waals surface area contributed by atoms with Crippen LogP contribution in [0.2, 0.25) is 0 Å². The van der Waals surface area contributed by atoms with E-state index in [2.05, 4.69) is 10.4 Å². The van der Waals surface area contributed by atoms with Crippen molar-refractivity contribution in [2.75, 3.05) is 5.32 Å². The number of amides is 1. The van der Waals surface area contributed by atoms with Crippen LogP contribution in [0, 0.1) is 11.6 Å². The summed E-state index contributed by atoms with van der Waals surface area (Å²) in [6.07, 6.45) is 4.94. The number of rotatable bonds is 3. The van der Waals surface area contributed by atoms with E-state index in [1.807, 2.05) is 12.1 Å².